The Morgan fingerprint density at radius 2 is 1.01 bits per heavy atom. The number of imidazole rings is 2. The number of nitrogens with zero attached hydrogens (tertiary/aromatic N) is 5. The van der Waals surface area contributed by atoms with Crippen LogP contribution in [0.2, 0.25) is 0 Å². The first-order valence-electron chi connectivity index (χ1n) is 25.3. The van der Waals surface area contributed by atoms with Crippen molar-refractivity contribution < 1.29 is 51.0 Å². The third-order valence-electron chi connectivity index (χ3n) is 12.2. The SMILES string of the molecule is CC(C)OP(=O)(OC(C)C)n1cc(-c2ccc(-c3ccc(-c4c[nH]c([C@@H](NC(=O)[C@@H]5C[C@@H](F)CN5C(=O)OC(C)(C)C)C(C)(C)C)n4)cc3)cc2)nc1[C@@H](NC(=O)[C@@H]1C[C@@H](F)CN1C(=O)OC(C)(C)C)C(C)(C)C. The van der Waals surface area contributed by atoms with Crippen LogP contribution in [-0.4, -0.2) is 114 Å². The normalized spacial score (nSPS) is 19.7. The molecule has 4 aromatic rings. The smallest absolute Gasteiger partial charge is 0.440 e. The van der Waals surface area contributed by atoms with Crippen LogP contribution in [0, 0.1) is 10.8 Å². The van der Waals surface area contributed by atoms with Crippen LogP contribution in [-0.2, 0) is 32.7 Å². The number of hydrogen-bond acceptors (Lipinski definition) is 11. The number of likely N-dealkylation sites (tertiary alicyclic amines) is 2. The summed E-state index contributed by atoms with van der Waals surface area (Å²) in [6, 6.07) is 11.7. The Morgan fingerprint density at radius 3 is 1.41 bits per heavy atom. The molecule has 406 valence electrons. The van der Waals surface area contributed by atoms with Gasteiger partial charge in [-0.05, 0) is 91.2 Å². The van der Waals surface area contributed by atoms with Gasteiger partial charge in [0.25, 0.3) is 0 Å². The highest BCUT2D eigenvalue weighted by Crippen LogP contribution is 2.55. The number of aromatic nitrogens is 4. The summed E-state index contributed by atoms with van der Waals surface area (Å²) in [5.74, 6) is -0.444. The Bertz CT molecular complexity index is 2670. The van der Waals surface area contributed by atoms with Gasteiger partial charge in [-0.15, -0.1) is 0 Å². The summed E-state index contributed by atoms with van der Waals surface area (Å²) in [5, 5.41) is 6.07. The minimum atomic E-state index is -4.20. The van der Waals surface area contributed by atoms with Crippen molar-refractivity contribution >= 4 is 31.7 Å². The Morgan fingerprint density at radius 1 is 0.622 bits per heavy atom. The second-order valence-corrected chi connectivity index (χ2v) is 25.8. The third-order valence-corrected chi connectivity index (χ3v) is 14.4. The van der Waals surface area contributed by atoms with Crippen LogP contribution in [0.4, 0.5) is 18.4 Å². The molecule has 20 heteroatoms. The Hall–Kier alpha value is -5.65. The molecule has 0 aliphatic carbocycles. The molecule has 2 aliphatic rings. The molecule has 17 nitrogen and oxygen atoms in total. The minimum Gasteiger partial charge on any atom is -0.444 e. The monoisotopic (exact) mass is 1050 g/mol. The standard InChI is InChI=1S/C54H77F2N8O9P/c1-31(2)72-74(69,73-32(3)4)64-30-40(59-46(64)44(52(8,9)10)61-48(66)42-26-38(56)29-63(42)50(68)71-54(14,15)16)36-23-19-34(20-24-36)33-17-21-35(22-18-33)39-27-57-45(58-39)43(51(5,6)7)60-47(65)41-25-37(55)28-62(41)49(67)70-53(11,12)13/h17-24,27,30-32,37-38,41-44H,25-26,28-29H2,1-16H3,(H,57,58)(H,60,65)(H,61,66)/t37-,38-,41+,42+,43-,44-/m1/s1. The Balaban J connectivity index is 1.26. The van der Waals surface area contributed by atoms with Gasteiger partial charge in [0.15, 0.2) is 0 Å². The van der Waals surface area contributed by atoms with Gasteiger partial charge in [0.05, 0.1) is 48.8 Å². The first-order chi connectivity index (χ1) is 34.1. The summed E-state index contributed by atoms with van der Waals surface area (Å²) in [5.41, 5.74) is 1.33. The molecule has 4 amide bonds. The van der Waals surface area contributed by atoms with E-state index in [0.29, 0.717) is 22.8 Å². The average Bonchev–Trinajstić information content (AvgIpc) is 4.08. The molecule has 2 aliphatic heterocycles. The van der Waals surface area contributed by atoms with E-state index in [1.165, 1.54) is 4.34 Å². The number of benzene rings is 2. The highest BCUT2D eigenvalue weighted by Gasteiger charge is 2.47. The quantitative estimate of drug-likeness (QED) is 0.102. The lowest BCUT2D eigenvalue weighted by Gasteiger charge is -2.35. The first kappa shape index (κ1) is 57.6. The molecule has 2 aromatic carbocycles. The largest absolute Gasteiger partial charge is 0.444 e. The van der Waals surface area contributed by atoms with Crippen molar-refractivity contribution in [2.45, 2.75) is 184 Å². The van der Waals surface area contributed by atoms with Crippen molar-refractivity contribution in [1.29, 1.82) is 0 Å². The summed E-state index contributed by atoms with van der Waals surface area (Å²) in [4.78, 5) is 69.6. The summed E-state index contributed by atoms with van der Waals surface area (Å²) in [6.07, 6.45) is -2.43. The number of aromatic amines is 1. The lowest BCUT2D eigenvalue weighted by atomic mass is 9.86. The molecule has 0 unspecified atom stereocenters. The number of ether oxygens (including phenoxy) is 2. The molecular weight excluding hydrogens is 974 g/mol. The van der Waals surface area contributed by atoms with Gasteiger partial charge in [-0.2, -0.15) is 0 Å². The number of carbonyl (C=O) groups is 4. The predicted octanol–water partition coefficient (Wildman–Crippen LogP) is 11.5. The van der Waals surface area contributed by atoms with Gasteiger partial charge in [-0.1, -0.05) is 90.1 Å². The maximum Gasteiger partial charge on any atom is 0.440 e. The maximum atomic E-state index is 15.0. The maximum absolute atomic E-state index is 15.0. The van der Waals surface area contributed by atoms with Crippen molar-refractivity contribution in [2.75, 3.05) is 13.1 Å². The summed E-state index contributed by atoms with van der Waals surface area (Å²) >= 11 is 0. The molecule has 2 fully saturated rings. The lowest BCUT2D eigenvalue weighted by molar-refractivity contribution is -0.127. The van der Waals surface area contributed by atoms with Gasteiger partial charge in [-0.25, -0.2) is 37.2 Å². The first-order valence-corrected chi connectivity index (χ1v) is 26.8. The summed E-state index contributed by atoms with van der Waals surface area (Å²) in [6.45, 7) is 28.2. The molecule has 2 saturated heterocycles. The Labute approximate surface area is 434 Å². The summed E-state index contributed by atoms with van der Waals surface area (Å²) < 4.78 is 69.2. The van der Waals surface area contributed by atoms with E-state index in [2.05, 4.69) is 15.6 Å². The van der Waals surface area contributed by atoms with Gasteiger partial charge in [0, 0.05) is 36.4 Å². The van der Waals surface area contributed by atoms with Crippen molar-refractivity contribution in [3.8, 4) is 33.6 Å². The number of carbonyl (C=O) groups excluding carboxylic acids is 4. The van der Waals surface area contributed by atoms with Crippen LogP contribution in [0.5, 0.6) is 0 Å². The third kappa shape index (κ3) is 14.2. The topological polar surface area (TPSA) is 199 Å². The summed E-state index contributed by atoms with van der Waals surface area (Å²) in [7, 11) is -4.20. The zero-order valence-corrected chi connectivity index (χ0v) is 46.7. The molecule has 3 N–H and O–H groups in total. The van der Waals surface area contributed by atoms with Gasteiger partial charge in [0.2, 0.25) is 11.8 Å². The number of alkyl halides is 2. The minimum absolute atomic E-state index is 0.138. The number of rotatable bonds is 14. The van der Waals surface area contributed by atoms with Gasteiger partial charge >= 0.3 is 19.9 Å². The second kappa shape index (κ2) is 21.9. The molecule has 2 aromatic heterocycles. The molecule has 0 saturated carbocycles. The van der Waals surface area contributed by atoms with Crippen molar-refractivity contribution in [3.05, 3.63) is 72.6 Å². The molecule has 0 radical (unpaired) electrons. The zero-order valence-electron chi connectivity index (χ0n) is 45.8. The van der Waals surface area contributed by atoms with E-state index >= 15 is 4.57 Å². The van der Waals surface area contributed by atoms with Crippen LogP contribution < -0.4 is 10.6 Å². The van der Waals surface area contributed by atoms with Crippen LogP contribution >= 0.6 is 7.75 Å². The number of hydrogen-bond donors (Lipinski definition) is 3. The van der Waals surface area contributed by atoms with Crippen molar-refractivity contribution in [3.63, 3.8) is 0 Å². The zero-order chi connectivity index (χ0) is 55.0. The molecule has 6 rings (SSSR count). The average molecular weight is 1050 g/mol. The van der Waals surface area contributed by atoms with E-state index in [9.17, 15) is 28.0 Å². The van der Waals surface area contributed by atoms with E-state index in [1.807, 2.05) is 90.1 Å². The molecule has 0 spiro atoms. The van der Waals surface area contributed by atoms with E-state index in [0.717, 1.165) is 26.5 Å². The number of halogens is 2. The van der Waals surface area contributed by atoms with Crippen LogP contribution in [0.1, 0.15) is 147 Å². The molecule has 4 heterocycles. The van der Waals surface area contributed by atoms with E-state index < -0.39 is 102 Å². The van der Waals surface area contributed by atoms with Crippen LogP contribution in [0.15, 0.2) is 60.9 Å². The van der Waals surface area contributed by atoms with Gasteiger partial charge in [0.1, 0.15) is 47.3 Å². The number of amides is 4. The van der Waals surface area contributed by atoms with Crippen LogP contribution in [0.3, 0.4) is 0 Å². The highest BCUT2D eigenvalue weighted by atomic mass is 31.2. The van der Waals surface area contributed by atoms with Crippen molar-refractivity contribution in [1.82, 2.24) is 39.7 Å². The molecule has 0 bridgehead atoms. The van der Waals surface area contributed by atoms with E-state index in [-0.39, 0.29) is 31.8 Å². The lowest BCUT2D eigenvalue weighted by Crippen LogP contribution is -2.50. The number of H-pyrrole nitrogens is 1. The Kier molecular flexibility index (Phi) is 17.1. The highest BCUT2D eigenvalue weighted by molar-refractivity contribution is 7.52. The van der Waals surface area contributed by atoms with E-state index in [4.69, 9.17) is 28.5 Å². The number of nitrogens with one attached hydrogen (secondary N) is 3. The second-order valence-electron chi connectivity index (χ2n) is 24.0. The van der Waals surface area contributed by atoms with Gasteiger partial charge < -0.3 is 25.1 Å². The molecule has 74 heavy (non-hydrogen) atoms. The van der Waals surface area contributed by atoms with Gasteiger partial charge in [-0.3, -0.25) is 28.4 Å². The predicted molar refractivity (Wildman–Crippen MR) is 279 cm³/mol. The van der Waals surface area contributed by atoms with Crippen molar-refractivity contribution in [2.24, 2.45) is 10.8 Å². The van der Waals surface area contributed by atoms with E-state index in [1.54, 1.807) is 81.6 Å². The fraction of sp³-hybridized carbons (Fsp3) is 0.593. The molecule has 6 atom stereocenters. The fourth-order valence-electron chi connectivity index (χ4n) is 8.83. The van der Waals surface area contributed by atoms with Crippen LogP contribution in [0.25, 0.3) is 33.6 Å². The molecular formula is C54H77F2N8O9P. The fourth-order valence-corrected chi connectivity index (χ4v) is 10.8.